The van der Waals surface area contributed by atoms with Crippen LogP contribution in [0.1, 0.15) is 33.1 Å². The minimum Gasteiger partial charge on any atom is -0.354 e. The number of hydrogen-bond acceptors (Lipinski definition) is 3. The SMILES string of the molecule is CCC(N)(CC)CNC(=O)C1CCN(c2ccccc2Br)C1=O.Cl. The Morgan fingerprint density at radius 2 is 2.00 bits per heavy atom. The van der Waals surface area contributed by atoms with Gasteiger partial charge in [-0.1, -0.05) is 26.0 Å². The molecule has 3 N–H and O–H groups in total. The maximum Gasteiger partial charge on any atom is 0.239 e. The summed E-state index contributed by atoms with van der Waals surface area (Å²) >= 11 is 3.46. The van der Waals surface area contributed by atoms with Crippen molar-refractivity contribution < 1.29 is 9.59 Å². The van der Waals surface area contributed by atoms with Gasteiger partial charge in [-0.05, 0) is 47.3 Å². The fraction of sp³-hybridized carbons (Fsp3) is 0.529. The number of carbonyl (C=O) groups excluding carboxylic acids is 2. The molecule has 0 saturated carbocycles. The molecule has 0 aromatic heterocycles. The monoisotopic (exact) mass is 417 g/mol. The van der Waals surface area contributed by atoms with E-state index < -0.39 is 11.5 Å². The summed E-state index contributed by atoms with van der Waals surface area (Å²) in [6, 6.07) is 7.54. The van der Waals surface area contributed by atoms with Gasteiger partial charge in [0.2, 0.25) is 11.8 Å². The quantitative estimate of drug-likeness (QED) is 0.698. The molecule has 1 unspecified atom stereocenters. The highest BCUT2D eigenvalue weighted by molar-refractivity contribution is 9.10. The fourth-order valence-corrected chi connectivity index (χ4v) is 3.22. The zero-order chi connectivity index (χ0) is 17.0. The van der Waals surface area contributed by atoms with Crippen molar-refractivity contribution >= 4 is 45.8 Å². The van der Waals surface area contributed by atoms with Gasteiger partial charge in [0.25, 0.3) is 0 Å². The molecule has 1 aliphatic rings. The first-order valence-electron chi connectivity index (χ1n) is 8.04. The lowest BCUT2D eigenvalue weighted by Gasteiger charge is -2.27. The van der Waals surface area contributed by atoms with Crippen molar-refractivity contribution in [1.29, 1.82) is 0 Å². The van der Waals surface area contributed by atoms with E-state index in [-0.39, 0.29) is 24.2 Å². The lowest BCUT2D eigenvalue weighted by atomic mass is 9.94. The molecule has 1 aliphatic heterocycles. The topological polar surface area (TPSA) is 75.4 Å². The first kappa shape index (κ1) is 20.9. The highest BCUT2D eigenvalue weighted by Gasteiger charge is 2.38. The van der Waals surface area contributed by atoms with Crippen LogP contribution in [0.5, 0.6) is 0 Å². The van der Waals surface area contributed by atoms with Crippen molar-refractivity contribution in [1.82, 2.24) is 5.32 Å². The maximum atomic E-state index is 12.6. The summed E-state index contributed by atoms with van der Waals surface area (Å²) in [5.74, 6) is -0.994. The third-order valence-electron chi connectivity index (χ3n) is 4.69. The van der Waals surface area contributed by atoms with Crippen LogP contribution in [-0.4, -0.2) is 30.4 Å². The van der Waals surface area contributed by atoms with Crippen molar-refractivity contribution in [2.45, 2.75) is 38.6 Å². The Kier molecular flexibility index (Phi) is 7.70. The van der Waals surface area contributed by atoms with Crippen molar-refractivity contribution in [3.63, 3.8) is 0 Å². The van der Waals surface area contributed by atoms with Gasteiger partial charge in [-0.2, -0.15) is 0 Å². The van der Waals surface area contributed by atoms with Crippen molar-refractivity contribution in [3.8, 4) is 0 Å². The molecule has 1 saturated heterocycles. The Morgan fingerprint density at radius 1 is 1.38 bits per heavy atom. The summed E-state index contributed by atoms with van der Waals surface area (Å²) in [4.78, 5) is 26.6. The molecule has 134 valence electrons. The smallest absolute Gasteiger partial charge is 0.239 e. The van der Waals surface area contributed by atoms with E-state index in [0.29, 0.717) is 19.5 Å². The van der Waals surface area contributed by atoms with E-state index in [1.165, 1.54) is 0 Å². The Balaban J connectivity index is 0.00000288. The average Bonchev–Trinajstić information content (AvgIpc) is 2.94. The van der Waals surface area contributed by atoms with E-state index in [0.717, 1.165) is 23.0 Å². The Labute approximate surface area is 157 Å². The summed E-state index contributed by atoms with van der Waals surface area (Å²) < 4.78 is 0.854. The van der Waals surface area contributed by atoms with Gasteiger partial charge in [0, 0.05) is 23.1 Å². The Morgan fingerprint density at radius 3 is 2.58 bits per heavy atom. The number of para-hydroxylation sites is 1. The first-order chi connectivity index (χ1) is 10.9. The van der Waals surface area contributed by atoms with E-state index in [1.54, 1.807) is 4.90 Å². The molecule has 2 amide bonds. The number of nitrogens with one attached hydrogen (secondary N) is 1. The summed E-state index contributed by atoms with van der Waals surface area (Å²) in [6.07, 6.45) is 2.10. The van der Waals surface area contributed by atoms with Crippen LogP contribution in [0.2, 0.25) is 0 Å². The number of benzene rings is 1. The zero-order valence-corrected chi connectivity index (χ0v) is 16.5. The van der Waals surface area contributed by atoms with Crippen molar-refractivity contribution in [2.24, 2.45) is 11.7 Å². The Hall–Kier alpha value is -1.11. The van der Waals surface area contributed by atoms with E-state index in [4.69, 9.17) is 5.73 Å². The summed E-state index contributed by atoms with van der Waals surface area (Å²) in [5, 5.41) is 2.86. The van der Waals surface area contributed by atoms with E-state index in [2.05, 4.69) is 21.2 Å². The molecule has 1 heterocycles. The molecule has 7 heteroatoms. The second-order valence-corrected chi connectivity index (χ2v) is 6.92. The number of rotatable bonds is 6. The molecule has 2 rings (SSSR count). The molecule has 0 bridgehead atoms. The summed E-state index contributed by atoms with van der Waals surface area (Å²) in [7, 11) is 0. The minimum atomic E-state index is -0.625. The van der Waals surface area contributed by atoms with Gasteiger partial charge in [0.05, 0.1) is 5.69 Å². The molecule has 1 aromatic carbocycles. The number of hydrogen-bond donors (Lipinski definition) is 2. The average molecular weight is 419 g/mol. The molecule has 0 spiro atoms. The lowest BCUT2D eigenvalue weighted by Crippen LogP contribution is -2.51. The summed E-state index contributed by atoms with van der Waals surface area (Å²) in [6.45, 7) is 4.96. The van der Waals surface area contributed by atoms with Gasteiger partial charge in [0.15, 0.2) is 0 Å². The van der Waals surface area contributed by atoms with Gasteiger partial charge < -0.3 is 16.0 Å². The third-order valence-corrected chi connectivity index (χ3v) is 5.36. The van der Waals surface area contributed by atoms with Crippen LogP contribution in [0.15, 0.2) is 28.7 Å². The zero-order valence-electron chi connectivity index (χ0n) is 14.0. The highest BCUT2D eigenvalue weighted by atomic mass is 79.9. The molecular weight excluding hydrogens is 394 g/mol. The molecule has 0 radical (unpaired) electrons. The van der Waals surface area contributed by atoms with E-state index in [9.17, 15) is 9.59 Å². The largest absolute Gasteiger partial charge is 0.354 e. The van der Waals surface area contributed by atoms with Gasteiger partial charge in [-0.3, -0.25) is 9.59 Å². The number of anilines is 1. The molecule has 0 aliphatic carbocycles. The molecular formula is C17H25BrClN3O2. The molecule has 1 atom stereocenters. The van der Waals surface area contributed by atoms with Gasteiger partial charge in [0.1, 0.15) is 5.92 Å². The normalized spacial score (nSPS) is 17.6. The number of nitrogens with two attached hydrogens (primary N) is 1. The van der Waals surface area contributed by atoms with Crippen LogP contribution in [0.4, 0.5) is 5.69 Å². The molecule has 1 fully saturated rings. The highest BCUT2D eigenvalue weighted by Crippen LogP contribution is 2.31. The number of carbonyl (C=O) groups is 2. The van der Waals surface area contributed by atoms with Crippen LogP contribution in [0.25, 0.3) is 0 Å². The van der Waals surface area contributed by atoms with Crippen LogP contribution >= 0.6 is 28.3 Å². The standard InChI is InChI=1S/C17H24BrN3O2.ClH/c1-3-17(19,4-2)11-20-15(22)12-9-10-21(16(12)23)14-8-6-5-7-13(14)18;/h5-8,12H,3-4,9-11,19H2,1-2H3,(H,20,22);1H. The Bertz CT molecular complexity index is 593. The van der Waals surface area contributed by atoms with Gasteiger partial charge >= 0.3 is 0 Å². The molecule has 1 aromatic rings. The van der Waals surface area contributed by atoms with Crippen LogP contribution < -0.4 is 16.0 Å². The van der Waals surface area contributed by atoms with Crippen LogP contribution in [-0.2, 0) is 9.59 Å². The summed E-state index contributed by atoms with van der Waals surface area (Å²) in [5.41, 5.74) is 6.61. The molecule has 24 heavy (non-hydrogen) atoms. The fourth-order valence-electron chi connectivity index (χ4n) is 2.72. The maximum absolute atomic E-state index is 12.6. The molecule has 5 nitrogen and oxygen atoms in total. The minimum absolute atomic E-state index is 0. The van der Waals surface area contributed by atoms with Gasteiger partial charge in [-0.25, -0.2) is 0 Å². The number of halogens is 2. The third kappa shape index (κ3) is 4.49. The van der Waals surface area contributed by atoms with E-state index in [1.807, 2.05) is 38.1 Å². The van der Waals surface area contributed by atoms with Gasteiger partial charge in [-0.15, -0.1) is 12.4 Å². The predicted octanol–water partition coefficient (Wildman–Crippen LogP) is 2.86. The van der Waals surface area contributed by atoms with Crippen LogP contribution in [0, 0.1) is 5.92 Å². The lowest BCUT2D eigenvalue weighted by molar-refractivity contribution is -0.132. The second-order valence-electron chi connectivity index (χ2n) is 6.07. The van der Waals surface area contributed by atoms with E-state index >= 15 is 0 Å². The van der Waals surface area contributed by atoms with Crippen molar-refractivity contribution in [3.05, 3.63) is 28.7 Å². The van der Waals surface area contributed by atoms with Crippen molar-refractivity contribution in [2.75, 3.05) is 18.0 Å². The first-order valence-corrected chi connectivity index (χ1v) is 8.83. The predicted molar refractivity (Wildman–Crippen MR) is 102 cm³/mol. The number of nitrogens with zero attached hydrogens (tertiary/aromatic N) is 1. The van der Waals surface area contributed by atoms with Crippen LogP contribution in [0.3, 0.4) is 0 Å². The number of amides is 2. The second kappa shape index (κ2) is 8.83.